The van der Waals surface area contributed by atoms with Gasteiger partial charge in [0.25, 0.3) is 0 Å². The van der Waals surface area contributed by atoms with Crippen LogP contribution in [0.3, 0.4) is 0 Å². The highest BCUT2D eigenvalue weighted by Crippen LogP contribution is 2.23. The number of phenolic OH excluding ortho intramolecular Hbond substituents is 2. The number of rotatable bonds is 15. The molecule has 0 bridgehead atoms. The van der Waals surface area contributed by atoms with E-state index in [2.05, 4.69) is 0 Å². The Morgan fingerprint density at radius 3 is 1.66 bits per heavy atom. The van der Waals surface area contributed by atoms with Crippen molar-refractivity contribution in [1.29, 1.82) is 0 Å². The minimum Gasteiger partial charge on any atom is -0.508 e. The molecule has 0 aliphatic carbocycles. The van der Waals surface area contributed by atoms with Crippen LogP contribution in [0.5, 0.6) is 11.5 Å². The molecular weight excluding hydrogens is 452 g/mol. The summed E-state index contributed by atoms with van der Waals surface area (Å²) in [4.78, 5) is 37.5. The Hall–Kier alpha value is -3.43. The van der Waals surface area contributed by atoms with Gasteiger partial charge in [-0.3, -0.25) is 19.4 Å². The lowest BCUT2D eigenvalue weighted by atomic mass is 10.0. The summed E-state index contributed by atoms with van der Waals surface area (Å²) in [6.07, 6.45) is 1.67. The molecule has 0 fully saturated rings. The highest BCUT2D eigenvalue weighted by Gasteiger charge is 2.18. The number of aryl methyl sites for hydroxylation is 2. The third-order valence-electron chi connectivity index (χ3n) is 5.70. The topological polar surface area (TPSA) is 139 Å². The van der Waals surface area contributed by atoms with Crippen molar-refractivity contribution in [2.75, 3.05) is 26.2 Å². The van der Waals surface area contributed by atoms with Gasteiger partial charge in [-0.15, -0.1) is 0 Å². The summed E-state index contributed by atoms with van der Waals surface area (Å²) < 4.78 is 0. The van der Waals surface area contributed by atoms with Crippen LogP contribution in [0.25, 0.3) is 0 Å². The number of carboxylic acids is 2. The number of ketones is 1. The van der Waals surface area contributed by atoms with Crippen LogP contribution in [-0.4, -0.2) is 74.1 Å². The number of hydrogen-bond donors (Lipinski definition) is 4. The van der Waals surface area contributed by atoms with Crippen LogP contribution in [0, 0.1) is 0 Å². The van der Waals surface area contributed by atoms with Gasteiger partial charge in [-0.1, -0.05) is 31.2 Å². The van der Waals surface area contributed by atoms with E-state index in [4.69, 9.17) is 0 Å². The molecule has 0 aromatic heterocycles. The lowest BCUT2D eigenvalue weighted by Crippen LogP contribution is -2.39. The predicted octanol–water partition coefficient (Wildman–Crippen LogP) is 2.66. The molecule has 4 N–H and O–H groups in total. The molecule has 0 unspecified atom stereocenters. The van der Waals surface area contributed by atoms with Crippen molar-refractivity contribution in [3.8, 4) is 11.5 Å². The maximum Gasteiger partial charge on any atom is 0.317 e. The fraction of sp³-hybridized carbons (Fsp3) is 0.423. The monoisotopic (exact) mass is 486 g/mol. The van der Waals surface area contributed by atoms with Crippen LogP contribution in [0.4, 0.5) is 0 Å². The number of aromatic hydroxyl groups is 2. The van der Waals surface area contributed by atoms with Crippen molar-refractivity contribution in [2.24, 2.45) is 0 Å². The van der Waals surface area contributed by atoms with Crippen molar-refractivity contribution in [3.63, 3.8) is 0 Å². The first kappa shape index (κ1) is 27.8. The Bertz CT molecular complexity index is 1040. The van der Waals surface area contributed by atoms with Crippen molar-refractivity contribution >= 4 is 17.7 Å². The summed E-state index contributed by atoms with van der Waals surface area (Å²) in [5.41, 5.74) is 3.01. The van der Waals surface area contributed by atoms with E-state index in [-0.39, 0.29) is 56.6 Å². The molecule has 0 amide bonds. The van der Waals surface area contributed by atoms with E-state index in [9.17, 15) is 34.8 Å². The minimum atomic E-state index is -1.05. The third kappa shape index (κ3) is 9.76. The third-order valence-corrected chi connectivity index (χ3v) is 5.70. The van der Waals surface area contributed by atoms with Crippen LogP contribution in [-0.2, 0) is 40.3 Å². The number of hydrogen-bond acceptors (Lipinski definition) is 7. The molecule has 0 atom stereocenters. The van der Waals surface area contributed by atoms with Crippen LogP contribution < -0.4 is 0 Å². The van der Waals surface area contributed by atoms with Crippen molar-refractivity contribution < 1.29 is 34.8 Å². The summed E-state index contributed by atoms with van der Waals surface area (Å²) in [7, 11) is 0. The molecule has 2 aromatic carbocycles. The molecule has 190 valence electrons. The molecule has 2 rings (SSSR count). The average Bonchev–Trinajstić information content (AvgIpc) is 2.78. The second kappa shape index (κ2) is 13.5. The van der Waals surface area contributed by atoms with Gasteiger partial charge in [0.05, 0.1) is 13.1 Å². The van der Waals surface area contributed by atoms with Crippen LogP contribution in [0.2, 0.25) is 0 Å². The number of nitrogens with zero attached hydrogens (tertiary/aromatic N) is 2. The van der Waals surface area contributed by atoms with E-state index < -0.39 is 11.9 Å². The number of carbonyl (C=O) groups is 3. The summed E-state index contributed by atoms with van der Waals surface area (Å²) in [6, 6.07) is 10.3. The summed E-state index contributed by atoms with van der Waals surface area (Å²) in [6.45, 7) is 3.72. The van der Waals surface area contributed by atoms with Crippen LogP contribution in [0.1, 0.15) is 42.5 Å². The molecule has 0 heterocycles. The van der Waals surface area contributed by atoms with Gasteiger partial charge in [0.15, 0.2) is 0 Å². The van der Waals surface area contributed by atoms with E-state index in [0.717, 1.165) is 17.5 Å². The fourth-order valence-electron chi connectivity index (χ4n) is 3.80. The van der Waals surface area contributed by atoms with Gasteiger partial charge < -0.3 is 25.2 Å². The summed E-state index contributed by atoms with van der Waals surface area (Å²) >= 11 is 0. The summed E-state index contributed by atoms with van der Waals surface area (Å²) in [5, 5.41) is 39.3. The Labute approximate surface area is 205 Å². The maximum absolute atomic E-state index is 11.5. The quantitative estimate of drug-likeness (QED) is 0.299. The number of Topliss-reactive ketones (excluding diaryl/α,β-unsaturated/α-hetero) is 1. The average molecular weight is 487 g/mol. The van der Waals surface area contributed by atoms with E-state index >= 15 is 0 Å². The van der Waals surface area contributed by atoms with Gasteiger partial charge in [-0.2, -0.15) is 0 Å². The van der Waals surface area contributed by atoms with Gasteiger partial charge in [-0.25, -0.2) is 0 Å². The number of benzene rings is 2. The molecule has 9 nitrogen and oxygen atoms in total. The molecule has 0 radical (unpaired) electrons. The molecule has 2 aromatic rings. The second-order valence-corrected chi connectivity index (χ2v) is 8.69. The standard InChI is InChI=1S/C26H34N2O7/c1-3-19-6-8-23(30)21(12-19)14-27(16-25(32)33)10-11-28(17-26(34)35)15-22-13-20(5-4-18(2)29)7-9-24(22)31/h6-9,12-13,30-31H,3-5,10-11,14-17H2,1-2H3,(H,32,33)(H,34,35). The molecule has 9 heteroatoms. The van der Waals surface area contributed by atoms with E-state index in [1.54, 1.807) is 28.0 Å². The van der Waals surface area contributed by atoms with Gasteiger partial charge in [0.1, 0.15) is 17.3 Å². The first-order valence-corrected chi connectivity index (χ1v) is 11.6. The molecule has 0 aliphatic rings. The lowest BCUT2D eigenvalue weighted by molar-refractivity contribution is -0.140. The Balaban J connectivity index is 2.16. The number of phenols is 2. The van der Waals surface area contributed by atoms with Crippen molar-refractivity contribution in [2.45, 2.75) is 46.2 Å². The molecule has 0 saturated carbocycles. The smallest absolute Gasteiger partial charge is 0.317 e. The summed E-state index contributed by atoms with van der Waals surface area (Å²) in [5.74, 6) is -1.92. The van der Waals surface area contributed by atoms with E-state index in [1.165, 1.54) is 13.0 Å². The zero-order valence-corrected chi connectivity index (χ0v) is 20.2. The zero-order chi connectivity index (χ0) is 26.0. The van der Waals surface area contributed by atoms with Gasteiger partial charge in [0, 0.05) is 43.7 Å². The number of carbonyl (C=O) groups excluding carboxylic acids is 1. The number of carboxylic acid groups (broad SMARTS) is 2. The molecule has 35 heavy (non-hydrogen) atoms. The fourth-order valence-corrected chi connectivity index (χ4v) is 3.80. The predicted molar refractivity (Wildman–Crippen MR) is 130 cm³/mol. The lowest BCUT2D eigenvalue weighted by Gasteiger charge is -2.26. The van der Waals surface area contributed by atoms with E-state index in [0.29, 0.717) is 24.0 Å². The van der Waals surface area contributed by atoms with Crippen LogP contribution in [0.15, 0.2) is 36.4 Å². The first-order valence-electron chi connectivity index (χ1n) is 11.6. The maximum atomic E-state index is 11.5. The largest absolute Gasteiger partial charge is 0.508 e. The SMILES string of the molecule is CCc1ccc(O)c(CN(CCN(CC(=O)O)Cc2cc(CCC(C)=O)ccc2O)CC(=O)O)c1. The molecule has 0 aliphatic heterocycles. The molecule has 0 spiro atoms. The van der Waals surface area contributed by atoms with Crippen LogP contribution >= 0.6 is 0 Å². The highest BCUT2D eigenvalue weighted by molar-refractivity contribution is 5.75. The Morgan fingerprint density at radius 2 is 1.23 bits per heavy atom. The van der Waals surface area contributed by atoms with E-state index in [1.807, 2.05) is 19.1 Å². The highest BCUT2D eigenvalue weighted by atomic mass is 16.4. The first-order chi connectivity index (χ1) is 16.6. The van der Waals surface area contributed by atoms with Gasteiger partial charge >= 0.3 is 11.9 Å². The normalized spacial score (nSPS) is 11.2. The molecule has 0 saturated heterocycles. The number of aliphatic carboxylic acids is 2. The van der Waals surface area contributed by atoms with Gasteiger partial charge in [-0.05, 0) is 43.0 Å². The van der Waals surface area contributed by atoms with Gasteiger partial charge in [0.2, 0.25) is 0 Å². The Morgan fingerprint density at radius 1 is 0.771 bits per heavy atom. The zero-order valence-electron chi connectivity index (χ0n) is 20.2. The van der Waals surface area contributed by atoms with Crippen molar-refractivity contribution in [3.05, 3.63) is 58.7 Å². The molecular formula is C26H34N2O7. The second-order valence-electron chi connectivity index (χ2n) is 8.69. The van der Waals surface area contributed by atoms with Crippen molar-refractivity contribution in [1.82, 2.24) is 9.80 Å². The minimum absolute atomic E-state index is 0.0238. The Kier molecular flexibility index (Phi) is 10.7.